The monoisotopic (exact) mass is 259 g/mol. The standard InChI is InChI=1S/C14H17N3O2/c1-16-6-4-11(5-7-16)17-9-15-12-3-2-10(14(18)19)8-13(12)17/h2-3,8-9,11H,4-7H2,1H3,(H,18,19). The smallest absolute Gasteiger partial charge is 0.335 e. The van der Waals surface area contributed by atoms with E-state index in [1.54, 1.807) is 18.2 Å². The fourth-order valence-electron chi connectivity index (χ4n) is 2.72. The van der Waals surface area contributed by atoms with Crippen LogP contribution >= 0.6 is 0 Å². The van der Waals surface area contributed by atoms with Crippen LogP contribution in [0.4, 0.5) is 0 Å². The molecular weight excluding hydrogens is 242 g/mol. The Morgan fingerprint density at radius 1 is 1.37 bits per heavy atom. The van der Waals surface area contributed by atoms with Crippen molar-refractivity contribution in [2.75, 3.05) is 20.1 Å². The first-order chi connectivity index (χ1) is 9.15. The summed E-state index contributed by atoms with van der Waals surface area (Å²) in [5.41, 5.74) is 2.11. The molecule has 0 spiro atoms. The molecule has 1 aliphatic heterocycles. The minimum Gasteiger partial charge on any atom is -0.478 e. The lowest BCUT2D eigenvalue weighted by atomic mass is 10.0. The van der Waals surface area contributed by atoms with Crippen molar-refractivity contribution in [3.05, 3.63) is 30.1 Å². The summed E-state index contributed by atoms with van der Waals surface area (Å²) in [6.45, 7) is 2.14. The molecular formula is C14H17N3O2. The molecule has 5 nitrogen and oxygen atoms in total. The Bertz CT molecular complexity index is 612. The highest BCUT2D eigenvalue weighted by atomic mass is 16.4. The number of benzene rings is 1. The van der Waals surface area contributed by atoms with Gasteiger partial charge in [-0.25, -0.2) is 9.78 Å². The van der Waals surface area contributed by atoms with Crippen molar-refractivity contribution in [1.29, 1.82) is 0 Å². The van der Waals surface area contributed by atoms with Crippen molar-refractivity contribution in [1.82, 2.24) is 14.5 Å². The molecule has 2 heterocycles. The van der Waals surface area contributed by atoms with Crippen LogP contribution in [-0.4, -0.2) is 45.7 Å². The maximum atomic E-state index is 11.1. The molecule has 1 aromatic heterocycles. The van der Waals surface area contributed by atoms with E-state index in [4.69, 9.17) is 5.11 Å². The molecule has 0 unspecified atom stereocenters. The van der Waals surface area contributed by atoms with Gasteiger partial charge in [0.15, 0.2) is 0 Å². The summed E-state index contributed by atoms with van der Waals surface area (Å²) in [6.07, 6.45) is 4.00. The predicted molar refractivity (Wildman–Crippen MR) is 72.5 cm³/mol. The van der Waals surface area contributed by atoms with Gasteiger partial charge in [-0.3, -0.25) is 0 Å². The third-order valence-electron chi connectivity index (χ3n) is 3.90. The molecule has 5 heteroatoms. The van der Waals surface area contributed by atoms with Crippen LogP contribution in [0, 0.1) is 0 Å². The lowest BCUT2D eigenvalue weighted by molar-refractivity contribution is 0.0697. The Kier molecular flexibility index (Phi) is 2.98. The number of aromatic carboxylic acids is 1. The summed E-state index contributed by atoms with van der Waals surface area (Å²) in [5, 5.41) is 9.08. The Morgan fingerprint density at radius 2 is 2.11 bits per heavy atom. The number of piperidine rings is 1. The number of carbonyl (C=O) groups is 1. The van der Waals surface area contributed by atoms with Gasteiger partial charge in [0.1, 0.15) is 0 Å². The van der Waals surface area contributed by atoms with Crippen LogP contribution in [0.15, 0.2) is 24.5 Å². The SMILES string of the molecule is CN1CCC(n2cnc3ccc(C(=O)O)cc32)CC1. The molecule has 0 aliphatic carbocycles. The largest absolute Gasteiger partial charge is 0.478 e. The zero-order valence-corrected chi connectivity index (χ0v) is 10.9. The molecule has 1 aliphatic rings. The molecule has 1 aromatic carbocycles. The maximum Gasteiger partial charge on any atom is 0.335 e. The quantitative estimate of drug-likeness (QED) is 0.896. The lowest BCUT2D eigenvalue weighted by Gasteiger charge is -2.30. The highest BCUT2D eigenvalue weighted by Gasteiger charge is 2.20. The second-order valence-electron chi connectivity index (χ2n) is 5.19. The topological polar surface area (TPSA) is 58.4 Å². The lowest BCUT2D eigenvalue weighted by Crippen LogP contribution is -2.31. The molecule has 19 heavy (non-hydrogen) atoms. The molecule has 1 fully saturated rings. The average Bonchev–Trinajstić information content (AvgIpc) is 2.82. The van der Waals surface area contributed by atoms with Crippen molar-refractivity contribution in [3.8, 4) is 0 Å². The first kappa shape index (κ1) is 12.2. The number of hydrogen-bond donors (Lipinski definition) is 1. The fourth-order valence-corrected chi connectivity index (χ4v) is 2.72. The van der Waals surface area contributed by atoms with Gasteiger partial charge in [-0.15, -0.1) is 0 Å². The number of aromatic nitrogens is 2. The number of nitrogens with zero attached hydrogens (tertiary/aromatic N) is 3. The molecule has 1 N–H and O–H groups in total. The van der Waals surface area contributed by atoms with Crippen molar-refractivity contribution in [2.45, 2.75) is 18.9 Å². The number of carboxylic acid groups (broad SMARTS) is 1. The first-order valence-corrected chi connectivity index (χ1v) is 6.53. The van der Waals surface area contributed by atoms with Crippen LogP contribution in [0.1, 0.15) is 29.2 Å². The Balaban J connectivity index is 1.99. The third kappa shape index (κ3) is 2.21. The Labute approximate surface area is 111 Å². The molecule has 100 valence electrons. The van der Waals surface area contributed by atoms with Crippen molar-refractivity contribution in [2.24, 2.45) is 0 Å². The summed E-state index contributed by atoms with van der Waals surface area (Å²) in [7, 11) is 2.13. The van der Waals surface area contributed by atoms with Gasteiger partial charge in [0.2, 0.25) is 0 Å². The van der Waals surface area contributed by atoms with E-state index in [1.165, 1.54) is 0 Å². The second kappa shape index (κ2) is 4.66. The van der Waals surface area contributed by atoms with E-state index in [-0.39, 0.29) is 0 Å². The predicted octanol–water partition coefficient (Wildman–Crippen LogP) is 2.00. The van der Waals surface area contributed by atoms with Crippen LogP contribution in [0.5, 0.6) is 0 Å². The summed E-state index contributed by atoms with van der Waals surface area (Å²) >= 11 is 0. The van der Waals surface area contributed by atoms with E-state index in [0.29, 0.717) is 11.6 Å². The van der Waals surface area contributed by atoms with Crippen LogP contribution < -0.4 is 0 Å². The van der Waals surface area contributed by atoms with Crippen molar-refractivity contribution < 1.29 is 9.90 Å². The van der Waals surface area contributed by atoms with Crippen LogP contribution in [0.25, 0.3) is 11.0 Å². The Morgan fingerprint density at radius 3 is 2.79 bits per heavy atom. The van der Waals surface area contributed by atoms with E-state index in [2.05, 4.69) is 21.5 Å². The number of carboxylic acids is 1. The number of rotatable bonds is 2. The van der Waals surface area contributed by atoms with Crippen LogP contribution in [0.2, 0.25) is 0 Å². The van der Waals surface area contributed by atoms with Crippen molar-refractivity contribution in [3.63, 3.8) is 0 Å². The normalized spacial score (nSPS) is 17.9. The Hall–Kier alpha value is -1.88. The minimum atomic E-state index is -0.891. The van der Waals surface area contributed by atoms with E-state index < -0.39 is 5.97 Å². The zero-order valence-electron chi connectivity index (χ0n) is 10.9. The van der Waals surface area contributed by atoms with E-state index in [0.717, 1.165) is 37.0 Å². The van der Waals surface area contributed by atoms with Crippen LogP contribution in [-0.2, 0) is 0 Å². The van der Waals surface area contributed by atoms with Gasteiger partial charge < -0.3 is 14.6 Å². The number of fused-ring (bicyclic) bond motifs is 1. The van der Waals surface area contributed by atoms with Gasteiger partial charge in [-0.2, -0.15) is 0 Å². The summed E-state index contributed by atoms with van der Waals surface area (Å²) in [4.78, 5) is 17.7. The molecule has 3 rings (SSSR count). The first-order valence-electron chi connectivity index (χ1n) is 6.53. The van der Waals surface area contributed by atoms with E-state index >= 15 is 0 Å². The highest BCUT2D eigenvalue weighted by molar-refractivity contribution is 5.92. The van der Waals surface area contributed by atoms with Gasteiger partial charge >= 0.3 is 5.97 Å². The molecule has 0 atom stereocenters. The van der Waals surface area contributed by atoms with E-state index in [1.807, 2.05) is 6.33 Å². The molecule has 2 aromatic rings. The number of hydrogen-bond acceptors (Lipinski definition) is 3. The van der Waals surface area contributed by atoms with Gasteiger partial charge in [0.25, 0.3) is 0 Å². The van der Waals surface area contributed by atoms with Gasteiger partial charge in [-0.1, -0.05) is 0 Å². The van der Waals surface area contributed by atoms with Gasteiger partial charge in [0, 0.05) is 6.04 Å². The highest BCUT2D eigenvalue weighted by Crippen LogP contribution is 2.26. The number of imidazole rings is 1. The molecule has 0 amide bonds. The summed E-state index contributed by atoms with van der Waals surface area (Å²) in [5.74, 6) is -0.891. The molecule has 1 saturated heterocycles. The summed E-state index contributed by atoms with van der Waals surface area (Å²) in [6, 6.07) is 5.54. The minimum absolute atomic E-state index is 0.321. The average molecular weight is 259 g/mol. The fraction of sp³-hybridized carbons (Fsp3) is 0.429. The third-order valence-corrected chi connectivity index (χ3v) is 3.90. The zero-order chi connectivity index (χ0) is 13.4. The van der Waals surface area contributed by atoms with Gasteiger partial charge in [-0.05, 0) is 51.2 Å². The molecule has 0 radical (unpaired) electrons. The molecule has 0 bridgehead atoms. The second-order valence-corrected chi connectivity index (χ2v) is 5.19. The van der Waals surface area contributed by atoms with Crippen molar-refractivity contribution >= 4 is 17.0 Å². The molecule has 0 saturated carbocycles. The van der Waals surface area contributed by atoms with E-state index in [9.17, 15) is 4.79 Å². The summed E-state index contributed by atoms with van der Waals surface area (Å²) < 4.78 is 2.13. The maximum absolute atomic E-state index is 11.1. The van der Waals surface area contributed by atoms with Crippen LogP contribution in [0.3, 0.4) is 0 Å². The number of likely N-dealkylation sites (tertiary alicyclic amines) is 1. The van der Waals surface area contributed by atoms with Gasteiger partial charge in [0.05, 0.1) is 22.9 Å².